The van der Waals surface area contributed by atoms with Crippen molar-refractivity contribution in [1.29, 1.82) is 0 Å². The minimum atomic E-state index is -0.815. The van der Waals surface area contributed by atoms with Crippen molar-refractivity contribution >= 4 is 11.7 Å². The number of likely N-dealkylation sites (N-methyl/N-ethyl adjacent to an activating group) is 1. The highest BCUT2D eigenvalue weighted by atomic mass is 16.2. The van der Waals surface area contributed by atoms with Crippen molar-refractivity contribution in [1.82, 2.24) is 15.2 Å². The van der Waals surface area contributed by atoms with Crippen LogP contribution < -0.4 is 16.0 Å². The van der Waals surface area contributed by atoms with Crippen molar-refractivity contribution in [3.63, 3.8) is 0 Å². The lowest BCUT2D eigenvalue weighted by molar-refractivity contribution is -0.126. The summed E-state index contributed by atoms with van der Waals surface area (Å²) in [4.78, 5) is 21.4. The fourth-order valence-electron chi connectivity index (χ4n) is 2.88. The summed E-state index contributed by atoms with van der Waals surface area (Å²) in [6.07, 6.45) is 3.38. The number of rotatable bonds is 6. The van der Waals surface area contributed by atoms with Crippen LogP contribution in [0, 0.1) is 0 Å². The van der Waals surface area contributed by atoms with Crippen LogP contribution in [0.4, 0.5) is 5.82 Å². The zero-order chi connectivity index (χ0) is 16.9. The number of hydrogen-bond acceptors (Lipinski definition) is 5. The Kier molecular flexibility index (Phi) is 5.96. The van der Waals surface area contributed by atoms with Gasteiger partial charge >= 0.3 is 0 Å². The number of nitrogens with zero attached hydrogens (tertiary/aromatic N) is 3. The summed E-state index contributed by atoms with van der Waals surface area (Å²) < 4.78 is 0. The minimum Gasteiger partial charge on any atom is -0.354 e. The topological polar surface area (TPSA) is 74.5 Å². The number of nitrogens with two attached hydrogens (primary N) is 1. The molecule has 1 unspecified atom stereocenters. The van der Waals surface area contributed by atoms with Gasteiger partial charge in [0.25, 0.3) is 0 Å². The average Bonchev–Trinajstić information content (AvgIpc) is 2.53. The molecule has 1 atom stereocenters. The molecular formula is C17H29N5O. The van der Waals surface area contributed by atoms with Crippen LogP contribution >= 0.6 is 0 Å². The molecule has 6 nitrogen and oxygen atoms in total. The lowest BCUT2D eigenvalue weighted by atomic mass is 9.96. The molecule has 1 saturated heterocycles. The third-order valence-electron chi connectivity index (χ3n) is 4.40. The largest absolute Gasteiger partial charge is 0.354 e. The maximum absolute atomic E-state index is 12.3. The molecule has 0 radical (unpaired) electrons. The Hall–Kier alpha value is -1.66. The number of piperazine rings is 1. The summed E-state index contributed by atoms with van der Waals surface area (Å²) in [6, 6.07) is 3.93. The normalized spacial score (nSPS) is 18.5. The molecule has 2 rings (SSSR count). The molecule has 23 heavy (non-hydrogen) atoms. The van der Waals surface area contributed by atoms with Crippen molar-refractivity contribution in [3.8, 4) is 0 Å². The van der Waals surface area contributed by atoms with Gasteiger partial charge in [-0.1, -0.05) is 19.4 Å². The first-order valence-corrected chi connectivity index (χ1v) is 8.38. The summed E-state index contributed by atoms with van der Waals surface area (Å²) >= 11 is 0. The molecule has 6 heteroatoms. The Balaban J connectivity index is 2.02. The Labute approximate surface area is 139 Å². The van der Waals surface area contributed by atoms with Crippen LogP contribution in [-0.4, -0.2) is 54.6 Å². The van der Waals surface area contributed by atoms with E-state index < -0.39 is 5.54 Å². The lowest BCUT2D eigenvalue weighted by Crippen LogP contribution is -2.51. The van der Waals surface area contributed by atoms with Crippen LogP contribution in [0.1, 0.15) is 32.3 Å². The van der Waals surface area contributed by atoms with Gasteiger partial charge in [-0.2, -0.15) is 0 Å². The Bertz CT molecular complexity index is 523. The number of carbonyl (C=O) groups is 1. The quantitative estimate of drug-likeness (QED) is 0.817. The predicted octanol–water partition coefficient (Wildman–Crippen LogP) is 0.967. The summed E-state index contributed by atoms with van der Waals surface area (Å²) in [5.41, 5.74) is 6.31. The van der Waals surface area contributed by atoms with Gasteiger partial charge in [0.05, 0.1) is 5.54 Å². The second kappa shape index (κ2) is 7.75. The predicted molar refractivity (Wildman–Crippen MR) is 93.3 cm³/mol. The molecule has 1 amide bonds. The van der Waals surface area contributed by atoms with E-state index in [1.165, 1.54) is 0 Å². The minimum absolute atomic E-state index is 0.104. The third kappa shape index (κ3) is 4.65. The van der Waals surface area contributed by atoms with E-state index in [9.17, 15) is 4.79 Å². The summed E-state index contributed by atoms with van der Waals surface area (Å²) in [6.45, 7) is 8.25. The zero-order valence-corrected chi connectivity index (χ0v) is 14.5. The van der Waals surface area contributed by atoms with Crippen LogP contribution in [0.2, 0.25) is 0 Å². The van der Waals surface area contributed by atoms with Gasteiger partial charge in [0.15, 0.2) is 0 Å². The van der Waals surface area contributed by atoms with Crippen molar-refractivity contribution < 1.29 is 4.79 Å². The maximum atomic E-state index is 12.3. The Morgan fingerprint density at radius 1 is 1.39 bits per heavy atom. The first-order chi connectivity index (χ1) is 10.9. The van der Waals surface area contributed by atoms with Crippen LogP contribution in [-0.2, 0) is 11.3 Å². The van der Waals surface area contributed by atoms with Crippen LogP contribution in [0.5, 0.6) is 0 Å². The molecule has 0 aliphatic carbocycles. The van der Waals surface area contributed by atoms with Crippen LogP contribution in [0.25, 0.3) is 0 Å². The second-order valence-corrected chi connectivity index (χ2v) is 6.63. The monoisotopic (exact) mass is 319 g/mol. The van der Waals surface area contributed by atoms with E-state index in [2.05, 4.69) is 27.1 Å². The van der Waals surface area contributed by atoms with Crippen molar-refractivity contribution in [2.75, 3.05) is 38.1 Å². The summed E-state index contributed by atoms with van der Waals surface area (Å²) in [7, 11) is 2.13. The van der Waals surface area contributed by atoms with E-state index in [1.807, 2.05) is 25.3 Å². The molecule has 1 aromatic heterocycles. The van der Waals surface area contributed by atoms with Crippen LogP contribution in [0.3, 0.4) is 0 Å². The van der Waals surface area contributed by atoms with E-state index in [1.54, 1.807) is 6.92 Å². The molecule has 128 valence electrons. The molecule has 0 aromatic carbocycles. The van der Waals surface area contributed by atoms with Crippen molar-refractivity contribution in [3.05, 3.63) is 23.9 Å². The molecular weight excluding hydrogens is 290 g/mol. The van der Waals surface area contributed by atoms with E-state index in [4.69, 9.17) is 5.73 Å². The fraction of sp³-hybridized carbons (Fsp3) is 0.647. The van der Waals surface area contributed by atoms with E-state index >= 15 is 0 Å². The molecule has 0 bridgehead atoms. The highest BCUT2D eigenvalue weighted by Gasteiger charge is 2.27. The Morgan fingerprint density at radius 2 is 2.09 bits per heavy atom. The number of pyridine rings is 1. The van der Waals surface area contributed by atoms with E-state index in [-0.39, 0.29) is 5.91 Å². The maximum Gasteiger partial charge on any atom is 0.240 e. The molecule has 0 spiro atoms. The van der Waals surface area contributed by atoms with Gasteiger partial charge in [-0.15, -0.1) is 0 Å². The smallest absolute Gasteiger partial charge is 0.240 e. The van der Waals surface area contributed by atoms with Gasteiger partial charge in [0.1, 0.15) is 5.82 Å². The van der Waals surface area contributed by atoms with E-state index in [0.29, 0.717) is 13.0 Å². The third-order valence-corrected chi connectivity index (χ3v) is 4.40. The van der Waals surface area contributed by atoms with Gasteiger partial charge in [0, 0.05) is 44.5 Å². The fourth-order valence-corrected chi connectivity index (χ4v) is 2.88. The van der Waals surface area contributed by atoms with Gasteiger partial charge in [-0.25, -0.2) is 4.98 Å². The number of nitrogens with one attached hydrogen (secondary N) is 1. The first kappa shape index (κ1) is 17.7. The number of anilines is 1. The average molecular weight is 319 g/mol. The molecule has 0 saturated carbocycles. The Morgan fingerprint density at radius 3 is 2.74 bits per heavy atom. The number of carbonyl (C=O) groups excluding carboxylic acids is 1. The van der Waals surface area contributed by atoms with Crippen LogP contribution in [0.15, 0.2) is 18.3 Å². The highest BCUT2D eigenvalue weighted by Crippen LogP contribution is 2.19. The zero-order valence-electron chi connectivity index (χ0n) is 14.5. The number of aromatic nitrogens is 1. The number of amides is 1. The molecule has 1 fully saturated rings. The second-order valence-electron chi connectivity index (χ2n) is 6.63. The molecule has 2 heterocycles. The summed E-state index contributed by atoms with van der Waals surface area (Å²) in [5.74, 6) is 0.864. The van der Waals surface area contributed by atoms with E-state index in [0.717, 1.165) is 44.0 Å². The standard InChI is InChI=1S/C17H29N5O/c1-4-7-17(2,18)16(23)20-13-14-6-5-8-19-15(14)22-11-9-21(3)10-12-22/h5-6,8H,4,7,9-13,18H2,1-3H3,(H,20,23). The van der Waals surface area contributed by atoms with Gasteiger partial charge < -0.3 is 20.9 Å². The lowest BCUT2D eigenvalue weighted by Gasteiger charge is -2.34. The van der Waals surface area contributed by atoms with Gasteiger partial charge in [-0.05, 0) is 26.5 Å². The molecule has 3 N–H and O–H groups in total. The SMILES string of the molecule is CCCC(C)(N)C(=O)NCc1cccnc1N1CCN(C)CC1. The summed E-state index contributed by atoms with van der Waals surface area (Å²) in [5, 5.41) is 2.97. The molecule has 1 aliphatic rings. The molecule has 1 aromatic rings. The highest BCUT2D eigenvalue weighted by molar-refractivity contribution is 5.85. The number of hydrogen-bond donors (Lipinski definition) is 2. The van der Waals surface area contributed by atoms with Crippen molar-refractivity contribution in [2.45, 2.75) is 38.8 Å². The van der Waals surface area contributed by atoms with Crippen molar-refractivity contribution in [2.24, 2.45) is 5.73 Å². The van der Waals surface area contributed by atoms with Gasteiger partial charge in [0.2, 0.25) is 5.91 Å². The first-order valence-electron chi connectivity index (χ1n) is 8.38. The molecule has 1 aliphatic heterocycles. The van der Waals surface area contributed by atoms with Gasteiger partial charge in [-0.3, -0.25) is 4.79 Å².